The Balaban J connectivity index is 2.32. The van der Waals surface area contributed by atoms with Crippen molar-refractivity contribution in [3.63, 3.8) is 0 Å². The molecule has 0 fully saturated rings. The van der Waals surface area contributed by atoms with Gasteiger partial charge < -0.3 is 10.4 Å². The molecule has 0 aliphatic carbocycles. The van der Waals surface area contributed by atoms with Crippen molar-refractivity contribution in [1.82, 2.24) is 0 Å². The highest BCUT2D eigenvalue weighted by atomic mass is 79.9. The maximum atomic E-state index is 13.3. The number of aliphatic hydroxyl groups excluding tert-OH is 1. The lowest BCUT2D eigenvalue weighted by Crippen LogP contribution is -2.35. The van der Waals surface area contributed by atoms with E-state index < -0.39 is 5.54 Å². The van der Waals surface area contributed by atoms with Crippen molar-refractivity contribution in [2.75, 3.05) is 11.9 Å². The standard InChI is InChI=1S/C15H14BrClFNO/c1-15(9-20,10-2-7-14(18)13(16)8-10)19-12-5-3-11(17)4-6-12/h2-8,19-20H,9H2,1H3. The normalized spacial score (nSPS) is 13.8. The van der Waals surface area contributed by atoms with Gasteiger partial charge in [-0.05, 0) is 64.8 Å². The monoisotopic (exact) mass is 357 g/mol. The molecule has 0 bridgehead atoms. The van der Waals surface area contributed by atoms with Crippen LogP contribution in [0, 0.1) is 5.82 Å². The van der Waals surface area contributed by atoms with Gasteiger partial charge in [-0.3, -0.25) is 0 Å². The summed E-state index contributed by atoms with van der Waals surface area (Å²) in [7, 11) is 0. The molecule has 2 rings (SSSR count). The molecule has 2 N–H and O–H groups in total. The van der Waals surface area contributed by atoms with Gasteiger partial charge in [0.1, 0.15) is 5.82 Å². The van der Waals surface area contributed by atoms with E-state index in [1.165, 1.54) is 6.07 Å². The number of hydrogen-bond donors (Lipinski definition) is 2. The summed E-state index contributed by atoms with van der Waals surface area (Å²) in [5.41, 5.74) is 0.888. The van der Waals surface area contributed by atoms with Crippen molar-refractivity contribution in [2.45, 2.75) is 12.5 Å². The van der Waals surface area contributed by atoms with Crippen LogP contribution in [-0.4, -0.2) is 11.7 Å². The van der Waals surface area contributed by atoms with Crippen LogP contribution in [0.3, 0.4) is 0 Å². The molecule has 2 aromatic carbocycles. The fourth-order valence-electron chi connectivity index (χ4n) is 1.89. The second-order valence-corrected chi connectivity index (χ2v) is 6.04. The number of hydrogen-bond acceptors (Lipinski definition) is 2. The van der Waals surface area contributed by atoms with Crippen LogP contribution in [0.4, 0.5) is 10.1 Å². The number of aliphatic hydroxyl groups is 1. The fourth-order valence-corrected chi connectivity index (χ4v) is 2.40. The lowest BCUT2D eigenvalue weighted by molar-refractivity contribution is 0.224. The van der Waals surface area contributed by atoms with Gasteiger partial charge in [-0.15, -0.1) is 0 Å². The molecule has 5 heteroatoms. The highest BCUT2D eigenvalue weighted by Gasteiger charge is 2.26. The average molecular weight is 359 g/mol. The minimum Gasteiger partial charge on any atom is -0.394 e. The molecule has 2 nitrogen and oxygen atoms in total. The lowest BCUT2D eigenvalue weighted by atomic mass is 9.92. The van der Waals surface area contributed by atoms with Gasteiger partial charge in [-0.25, -0.2) is 4.39 Å². The number of benzene rings is 2. The predicted octanol–water partition coefficient (Wildman–Crippen LogP) is 4.56. The Kier molecular flexibility index (Phi) is 4.68. The van der Waals surface area contributed by atoms with Gasteiger partial charge in [-0.2, -0.15) is 0 Å². The second kappa shape index (κ2) is 6.12. The summed E-state index contributed by atoms with van der Waals surface area (Å²) in [6.45, 7) is 1.72. The van der Waals surface area contributed by atoms with E-state index in [4.69, 9.17) is 11.6 Å². The number of nitrogens with one attached hydrogen (secondary N) is 1. The van der Waals surface area contributed by atoms with Crippen LogP contribution >= 0.6 is 27.5 Å². The van der Waals surface area contributed by atoms with Crippen LogP contribution < -0.4 is 5.32 Å². The minimum absolute atomic E-state index is 0.131. The summed E-state index contributed by atoms with van der Waals surface area (Å²) < 4.78 is 13.7. The van der Waals surface area contributed by atoms with Gasteiger partial charge in [0.05, 0.1) is 16.6 Å². The third-order valence-electron chi connectivity index (χ3n) is 3.14. The van der Waals surface area contributed by atoms with Gasteiger partial charge in [0.25, 0.3) is 0 Å². The Morgan fingerprint density at radius 1 is 1.25 bits per heavy atom. The first-order valence-corrected chi connectivity index (χ1v) is 7.22. The van der Waals surface area contributed by atoms with Crippen molar-refractivity contribution in [3.8, 4) is 0 Å². The smallest absolute Gasteiger partial charge is 0.137 e. The molecule has 20 heavy (non-hydrogen) atoms. The van der Waals surface area contributed by atoms with Crippen LogP contribution in [0.2, 0.25) is 5.02 Å². The Hall–Kier alpha value is -1.10. The molecule has 2 aromatic rings. The van der Waals surface area contributed by atoms with Crippen molar-refractivity contribution < 1.29 is 9.50 Å². The van der Waals surface area contributed by atoms with E-state index in [0.29, 0.717) is 9.50 Å². The Morgan fingerprint density at radius 2 is 1.90 bits per heavy atom. The van der Waals surface area contributed by atoms with Gasteiger partial charge >= 0.3 is 0 Å². The van der Waals surface area contributed by atoms with E-state index in [1.807, 2.05) is 19.1 Å². The van der Waals surface area contributed by atoms with Gasteiger partial charge in [-0.1, -0.05) is 17.7 Å². The number of rotatable bonds is 4. The molecule has 0 aliphatic rings. The van der Waals surface area contributed by atoms with E-state index in [0.717, 1.165) is 11.3 Å². The molecule has 0 saturated heterocycles. The first-order valence-electron chi connectivity index (χ1n) is 6.05. The summed E-state index contributed by atoms with van der Waals surface area (Å²) in [5.74, 6) is -0.333. The third-order valence-corrected chi connectivity index (χ3v) is 4.00. The number of anilines is 1. The van der Waals surface area contributed by atoms with Crippen LogP contribution in [-0.2, 0) is 5.54 Å². The van der Waals surface area contributed by atoms with Gasteiger partial charge in [0, 0.05) is 10.7 Å². The summed E-state index contributed by atoms with van der Waals surface area (Å²) in [4.78, 5) is 0. The van der Waals surface area contributed by atoms with Crippen molar-refractivity contribution in [1.29, 1.82) is 0 Å². The summed E-state index contributed by atoms with van der Waals surface area (Å²) in [6, 6.07) is 11.9. The van der Waals surface area contributed by atoms with E-state index in [-0.39, 0.29) is 12.4 Å². The average Bonchev–Trinajstić information content (AvgIpc) is 2.44. The van der Waals surface area contributed by atoms with E-state index in [2.05, 4.69) is 21.2 Å². The molecule has 1 unspecified atom stereocenters. The molecule has 106 valence electrons. The highest BCUT2D eigenvalue weighted by Crippen LogP contribution is 2.29. The quantitative estimate of drug-likeness (QED) is 0.839. The molecule has 0 amide bonds. The number of halogens is 3. The van der Waals surface area contributed by atoms with Crippen molar-refractivity contribution in [2.24, 2.45) is 0 Å². The van der Waals surface area contributed by atoms with Crippen LogP contribution in [0.25, 0.3) is 0 Å². The lowest BCUT2D eigenvalue weighted by Gasteiger charge is -2.31. The summed E-state index contributed by atoms with van der Waals surface area (Å²) in [6.07, 6.45) is 0. The zero-order valence-electron chi connectivity index (χ0n) is 10.8. The molecule has 0 saturated carbocycles. The van der Waals surface area contributed by atoms with Crippen molar-refractivity contribution >= 4 is 33.2 Å². The van der Waals surface area contributed by atoms with E-state index in [1.54, 1.807) is 24.3 Å². The minimum atomic E-state index is -0.718. The first-order chi connectivity index (χ1) is 9.44. The van der Waals surface area contributed by atoms with Crippen LogP contribution in [0.5, 0.6) is 0 Å². The van der Waals surface area contributed by atoms with E-state index >= 15 is 0 Å². The molecular weight excluding hydrogens is 345 g/mol. The highest BCUT2D eigenvalue weighted by molar-refractivity contribution is 9.10. The van der Waals surface area contributed by atoms with Crippen molar-refractivity contribution in [3.05, 3.63) is 63.3 Å². The third kappa shape index (κ3) is 3.32. The maximum Gasteiger partial charge on any atom is 0.137 e. The maximum absolute atomic E-state index is 13.3. The first kappa shape index (κ1) is 15.3. The van der Waals surface area contributed by atoms with Crippen LogP contribution in [0.1, 0.15) is 12.5 Å². The molecule has 0 radical (unpaired) electrons. The van der Waals surface area contributed by atoms with Gasteiger partial charge in [0.15, 0.2) is 0 Å². The second-order valence-electron chi connectivity index (χ2n) is 4.75. The topological polar surface area (TPSA) is 32.3 Å². The molecule has 0 spiro atoms. The predicted molar refractivity (Wildman–Crippen MR) is 83.6 cm³/mol. The SMILES string of the molecule is CC(CO)(Nc1ccc(Cl)cc1)c1ccc(F)c(Br)c1. The summed E-state index contributed by atoms with van der Waals surface area (Å²) in [5, 5.41) is 13.6. The zero-order valence-corrected chi connectivity index (χ0v) is 13.2. The Bertz CT molecular complexity index is 605. The molecule has 0 aromatic heterocycles. The molecule has 1 atom stereocenters. The molecular formula is C15H14BrClFNO. The van der Waals surface area contributed by atoms with E-state index in [9.17, 15) is 9.50 Å². The van der Waals surface area contributed by atoms with Crippen LogP contribution in [0.15, 0.2) is 46.9 Å². The Labute approximate surface area is 130 Å². The molecule has 0 aliphatic heterocycles. The Morgan fingerprint density at radius 3 is 2.45 bits per heavy atom. The fraction of sp³-hybridized carbons (Fsp3) is 0.200. The molecule has 0 heterocycles. The largest absolute Gasteiger partial charge is 0.394 e. The summed E-state index contributed by atoms with van der Waals surface area (Å²) >= 11 is 9.01. The zero-order chi connectivity index (χ0) is 14.8. The van der Waals surface area contributed by atoms with Gasteiger partial charge in [0.2, 0.25) is 0 Å².